The number of nitro benzene ring substituents is 1. The zero-order valence-electron chi connectivity index (χ0n) is 14.5. The highest BCUT2D eigenvalue weighted by atomic mass is 16.6. The summed E-state index contributed by atoms with van der Waals surface area (Å²) in [5.41, 5.74) is 2.71. The number of carbonyl (C=O) groups excluding carboxylic acids is 2. The van der Waals surface area contributed by atoms with Crippen LogP contribution < -0.4 is 15.5 Å². The summed E-state index contributed by atoms with van der Waals surface area (Å²) >= 11 is 0. The van der Waals surface area contributed by atoms with Crippen LogP contribution >= 0.6 is 0 Å². The van der Waals surface area contributed by atoms with E-state index in [1.54, 1.807) is 30.3 Å². The molecule has 0 atom stereocenters. The first-order valence-electron chi connectivity index (χ1n) is 8.07. The topological polar surface area (TPSA) is 123 Å². The van der Waals surface area contributed by atoms with E-state index in [1.807, 2.05) is 6.92 Å². The third kappa shape index (κ3) is 5.92. The number of benzene rings is 2. The van der Waals surface area contributed by atoms with Crippen molar-refractivity contribution in [3.8, 4) is 5.75 Å². The minimum Gasteiger partial charge on any atom is -0.494 e. The smallest absolute Gasteiger partial charge is 0.278 e. The fourth-order valence-electron chi connectivity index (χ4n) is 2.11. The standard InChI is InChI=1S/C18H18N4O5/c1-2-27-15-9-7-13(8-10-15)18(24)19-12-17(23)21-20-11-14-5-3-4-6-16(14)22(25)26/h3-11H,2,12H2,1H3,(H,19,24)(H,21,23). The van der Waals surface area contributed by atoms with Gasteiger partial charge in [-0.1, -0.05) is 12.1 Å². The van der Waals surface area contributed by atoms with Crippen LogP contribution in [0.4, 0.5) is 5.69 Å². The van der Waals surface area contributed by atoms with Gasteiger partial charge in [0.05, 0.1) is 29.9 Å². The molecule has 0 unspecified atom stereocenters. The number of ether oxygens (including phenoxy) is 1. The molecule has 0 aliphatic rings. The highest BCUT2D eigenvalue weighted by Gasteiger charge is 2.10. The second-order valence-electron chi connectivity index (χ2n) is 5.25. The van der Waals surface area contributed by atoms with Crippen LogP contribution in [0.1, 0.15) is 22.8 Å². The van der Waals surface area contributed by atoms with Gasteiger partial charge in [0.2, 0.25) is 0 Å². The molecule has 0 saturated carbocycles. The molecule has 9 nitrogen and oxygen atoms in total. The number of nitrogens with one attached hydrogen (secondary N) is 2. The molecule has 0 heterocycles. The number of nitro groups is 1. The van der Waals surface area contributed by atoms with Gasteiger partial charge >= 0.3 is 0 Å². The molecule has 2 aromatic carbocycles. The van der Waals surface area contributed by atoms with Gasteiger partial charge in [0, 0.05) is 11.6 Å². The van der Waals surface area contributed by atoms with Gasteiger partial charge in [-0.2, -0.15) is 5.10 Å². The van der Waals surface area contributed by atoms with E-state index < -0.39 is 16.7 Å². The Morgan fingerprint density at radius 1 is 1.19 bits per heavy atom. The van der Waals surface area contributed by atoms with Gasteiger partial charge in [-0.15, -0.1) is 0 Å². The lowest BCUT2D eigenvalue weighted by molar-refractivity contribution is -0.385. The first-order chi connectivity index (χ1) is 13.0. The van der Waals surface area contributed by atoms with Crippen molar-refractivity contribution in [1.29, 1.82) is 0 Å². The Kier molecular flexibility index (Phi) is 7.00. The van der Waals surface area contributed by atoms with E-state index in [0.29, 0.717) is 17.9 Å². The first kappa shape index (κ1) is 19.6. The lowest BCUT2D eigenvalue weighted by atomic mass is 10.2. The lowest BCUT2D eigenvalue weighted by Gasteiger charge is -2.06. The molecule has 0 aromatic heterocycles. The summed E-state index contributed by atoms with van der Waals surface area (Å²) in [4.78, 5) is 34.1. The van der Waals surface area contributed by atoms with Gasteiger partial charge in [0.1, 0.15) is 5.75 Å². The third-order valence-corrected chi connectivity index (χ3v) is 3.36. The average Bonchev–Trinajstić information content (AvgIpc) is 2.67. The molecule has 9 heteroatoms. The summed E-state index contributed by atoms with van der Waals surface area (Å²) in [6, 6.07) is 12.5. The zero-order valence-corrected chi connectivity index (χ0v) is 14.5. The van der Waals surface area contributed by atoms with Crippen LogP contribution in [0.3, 0.4) is 0 Å². The molecule has 0 aliphatic carbocycles. The molecular weight excluding hydrogens is 352 g/mol. The molecule has 0 saturated heterocycles. The highest BCUT2D eigenvalue weighted by molar-refractivity contribution is 5.96. The van der Waals surface area contributed by atoms with Gasteiger partial charge < -0.3 is 10.1 Å². The molecule has 0 fully saturated rings. The predicted octanol–water partition coefficient (Wildman–Crippen LogP) is 1.87. The van der Waals surface area contributed by atoms with Crippen LogP contribution in [0.2, 0.25) is 0 Å². The normalized spacial score (nSPS) is 10.4. The number of nitrogens with zero attached hydrogens (tertiary/aromatic N) is 2. The van der Waals surface area contributed by atoms with Crippen LogP contribution in [0.15, 0.2) is 53.6 Å². The molecule has 140 valence electrons. The van der Waals surface area contributed by atoms with E-state index in [1.165, 1.54) is 24.4 Å². The van der Waals surface area contributed by atoms with E-state index in [9.17, 15) is 19.7 Å². The Morgan fingerprint density at radius 2 is 1.89 bits per heavy atom. The molecule has 0 aliphatic heterocycles. The molecule has 0 radical (unpaired) electrons. The molecule has 2 amide bonds. The molecular formula is C18H18N4O5. The SMILES string of the molecule is CCOc1ccc(C(=O)NCC(=O)NN=Cc2ccccc2[N+](=O)[O-])cc1. The predicted molar refractivity (Wildman–Crippen MR) is 98.8 cm³/mol. The minimum absolute atomic E-state index is 0.126. The van der Waals surface area contributed by atoms with Crippen molar-refractivity contribution in [2.45, 2.75) is 6.92 Å². The van der Waals surface area contributed by atoms with Gasteiger partial charge in [0.25, 0.3) is 17.5 Å². The summed E-state index contributed by atoms with van der Waals surface area (Å²) in [6.07, 6.45) is 1.17. The van der Waals surface area contributed by atoms with Crippen molar-refractivity contribution in [2.24, 2.45) is 5.10 Å². The number of hydrogen-bond donors (Lipinski definition) is 2. The summed E-state index contributed by atoms with van der Waals surface area (Å²) in [6.45, 7) is 2.09. The molecule has 2 rings (SSSR count). The van der Waals surface area contributed by atoms with E-state index in [4.69, 9.17) is 4.74 Å². The van der Waals surface area contributed by atoms with Gasteiger partial charge in [-0.25, -0.2) is 5.43 Å². The van der Waals surface area contributed by atoms with Gasteiger partial charge in [-0.05, 0) is 37.3 Å². The van der Waals surface area contributed by atoms with Crippen LogP contribution in [-0.2, 0) is 4.79 Å². The van der Waals surface area contributed by atoms with E-state index >= 15 is 0 Å². The van der Waals surface area contributed by atoms with Crippen LogP contribution in [0, 0.1) is 10.1 Å². The Bertz CT molecular complexity index is 849. The Hall–Kier alpha value is -3.75. The largest absolute Gasteiger partial charge is 0.494 e. The van der Waals surface area contributed by atoms with Crippen molar-refractivity contribution < 1.29 is 19.2 Å². The number of para-hydroxylation sites is 1. The lowest BCUT2D eigenvalue weighted by Crippen LogP contribution is -2.34. The zero-order chi connectivity index (χ0) is 19.6. The minimum atomic E-state index is -0.566. The summed E-state index contributed by atoms with van der Waals surface area (Å²) in [5.74, 6) is -0.337. The maximum atomic E-state index is 12.0. The quantitative estimate of drug-likeness (QED) is 0.417. The molecule has 2 aromatic rings. The van der Waals surface area contributed by atoms with Crippen molar-refractivity contribution in [1.82, 2.24) is 10.7 Å². The fraction of sp³-hybridized carbons (Fsp3) is 0.167. The van der Waals surface area contributed by atoms with Gasteiger partial charge in [-0.3, -0.25) is 19.7 Å². The maximum Gasteiger partial charge on any atom is 0.278 e. The van der Waals surface area contributed by atoms with Crippen LogP contribution in [0.25, 0.3) is 0 Å². The van der Waals surface area contributed by atoms with Crippen molar-refractivity contribution in [2.75, 3.05) is 13.2 Å². The summed E-state index contributed by atoms with van der Waals surface area (Å²) < 4.78 is 5.29. The third-order valence-electron chi connectivity index (χ3n) is 3.36. The Balaban J connectivity index is 1.84. The van der Waals surface area contributed by atoms with E-state index in [0.717, 1.165) is 0 Å². The first-order valence-corrected chi connectivity index (χ1v) is 8.07. The number of hydrogen-bond acceptors (Lipinski definition) is 6. The number of rotatable bonds is 8. The van der Waals surface area contributed by atoms with E-state index in [2.05, 4.69) is 15.8 Å². The number of carbonyl (C=O) groups is 2. The van der Waals surface area contributed by atoms with Crippen molar-refractivity contribution in [3.05, 3.63) is 69.8 Å². The van der Waals surface area contributed by atoms with Crippen molar-refractivity contribution >= 4 is 23.7 Å². The second kappa shape index (κ2) is 9.66. The number of amides is 2. The van der Waals surface area contributed by atoms with Crippen LogP contribution in [-0.4, -0.2) is 36.1 Å². The molecule has 0 bridgehead atoms. The molecule has 2 N–H and O–H groups in total. The monoisotopic (exact) mass is 370 g/mol. The second-order valence-corrected chi connectivity index (χ2v) is 5.25. The van der Waals surface area contributed by atoms with Crippen LogP contribution in [0.5, 0.6) is 5.75 Å². The Morgan fingerprint density at radius 3 is 2.56 bits per heavy atom. The Labute approximate surface area is 155 Å². The molecule has 0 spiro atoms. The highest BCUT2D eigenvalue weighted by Crippen LogP contribution is 2.15. The van der Waals surface area contributed by atoms with E-state index in [-0.39, 0.29) is 17.8 Å². The summed E-state index contributed by atoms with van der Waals surface area (Å²) in [5, 5.41) is 17.0. The fourth-order valence-corrected chi connectivity index (χ4v) is 2.11. The summed E-state index contributed by atoms with van der Waals surface area (Å²) in [7, 11) is 0. The molecule has 27 heavy (non-hydrogen) atoms. The number of hydrazone groups is 1. The maximum absolute atomic E-state index is 12.0. The average molecular weight is 370 g/mol. The van der Waals surface area contributed by atoms with Crippen molar-refractivity contribution in [3.63, 3.8) is 0 Å². The van der Waals surface area contributed by atoms with Gasteiger partial charge in [0.15, 0.2) is 0 Å².